The molecule has 0 unspecified atom stereocenters. The van der Waals surface area contributed by atoms with Crippen molar-refractivity contribution in [2.45, 2.75) is 13.2 Å². The quantitative estimate of drug-likeness (QED) is 0.361. The van der Waals surface area contributed by atoms with Crippen LogP contribution in [0.3, 0.4) is 0 Å². The predicted octanol–water partition coefficient (Wildman–Crippen LogP) is 3.54. The summed E-state index contributed by atoms with van der Waals surface area (Å²) in [5.74, 6) is 1.15. The van der Waals surface area contributed by atoms with Gasteiger partial charge in [0.1, 0.15) is 6.61 Å². The molecule has 1 amide bonds. The average molecular weight is 473 g/mol. The lowest BCUT2D eigenvalue weighted by atomic mass is 10.2. The van der Waals surface area contributed by atoms with Crippen LogP contribution in [0.2, 0.25) is 0 Å². The van der Waals surface area contributed by atoms with Crippen LogP contribution in [0.15, 0.2) is 84.0 Å². The first-order valence-electron chi connectivity index (χ1n) is 11.8. The summed E-state index contributed by atoms with van der Waals surface area (Å²) in [5, 5.41) is 4.13. The topological polar surface area (TPSA) is 66.4 Å². The first-order chi connectivity index (χ1) is 17.2. The molecule has 3 aromatic carbocycles. The second-order valence-electron chi connectivity index (χ2n) is 8.52. The highest BCUT2D eigenvalue weighted by Gasteiger charge is 2.18. The molecular formula is C28H32N4O3. The third kappa shape index (κ3) is 7.67. The SMILES string of the molecule is COc1ccc(/C=N\NC(=O)CN2CCN(Cc3ccccc3)CC2)cc1OCc1ccccc1. The van der Waals surface area contributed by atoms with E-state index >= 15 is 0 Å². The van der Waals surface area contributed by atoms with Gasteiger partial charge in [-0.2, -0.15) is 5.10 Å². The molecule has 182 valence electrons. The number of nitrogens with zero attached hydrogens (tertiary/aromatic N) is 3. The molecule has 0 atom stereocenters. The number of hydrogen-bond donors (Lipinski definition) is 1. The Morgan fingerprint density at radius 1 is 0.886 bits per heavy atom. The highest BCUT2D eigenvalue weighted by molar-refractivity contribution is 5.83. The third-order valence-corrected chi connectivity index (χ3v) is 5.91. The van der Waals surface area contributed by atoms with Crippen molar-refractivity contribution in [1.29, 1.82) is 0 Å². The van der Waals surface area contributed by atoms with E-state index < -0.39 is 0 Å². The Hall–Kier alpha value is -3.68. The predicted molar refractivity (Wildman–Crippen MR) is 138 cm³/mol. The van der Waals surface area contributed by atoms with Crippen molar-refractivity contribution in [3.05, 3.63) is 95.6 Å². The third-order valence-electron chi connectivity index (χ3n) is 5.91. The van der Waals surface area contributed by atoms with Gasteiger partial charge in [0.15, 0.2) is 11.5 Å². The summed E-state index contributed by atoms with van der Waals surface area (Å²) in [6.07, 6.45) is 1.62. The van der Waals surface area contributed by atoms with Crippen LogP contribution in [0.5, 0.6) is 11.5 Å². The largest absolute Gasteiger partial charge is 0.493 e. The lowest BCUT2D eigenvalue weighted by molar-refractivity contribution is -0.122. The minimum Gasteiger partial charge on any atom is -0.493 e. The van der Waals surface area contributed by atoms with Crippen LogP contribution in [-0.2, 0) is 17.9 Å². The van der Waals surface area contributed by atoms with E-state index in [0.717, 1.165) is 43.9 Å². The molecule has 0 aliphatic carbocycles. The Morgan fingerprint density at radius 2 is 1.54 bits per heavy atom. The molecule has 0 bridgehead atoms. The van der Waals surface area contributed by atoms with E-state index in [1.807, 2.05) is 54.6 Å². The van der Waals surface area contributed by atoms with Crippen LogP contribution in [0.25, 0.3) is 0 Å². The molecule has 1 aliphatic heterocycles. The van der Waals surface area contributed by atoms with E-state index in [1.165, 1.54) is 5.56 Å². The maximum atomic E-state index is 12.4. The van der Waals surface area contributed by atoms with Gasteiger partial charge in [-0.3, -0.25) is 14.6 Å². The summed E-state index contributed by atoms with van der Waals surface area (Å²) in [7, 11) is 1.61. The standard InChI is InChI=1S/C28H32N4O3/c1-34-26-13-12-25(18-27(26)35-22-24-10-6-3-7-11-24)19-29-30-28(33)21-32-16-14-31(15-17-32)20-23-8-4-2-5-9-23/h2-13,18-19H,14-17,20-22H2,1H3,(H,30,33)/b29-19-. The molecular weight excluding hydrogens is 440 g/mol. The van der Waals surface area contributed by atoms with Crippen molar-refractivity contribution in [2.75, 3.05) is 39.8 Å². The van der Waals surface area contributed by atoms with Gasteiger partial charge in [-0.15, -0.1) is 0 Å². The Morgan fingerprint density at radius 3 is 2.23 bits per heavy atom. The smallest absolute Gasteiger partial charge is 0.254 e. The van der Waals surface area contributed by atoms with E-state index in [-0.39, 0.29) is 5.91 Å². The molecule has 1 N–H and O–H groups in total. The Labute approximate surface area is 207 Å². The molecule has 4 rings (SSSR count). The molecule has 1 saturated heterocycles. The Balaban J connectivity index is 1.22. The van der Waals surface area contributed by atoms with Gasteiger partial charge in [-0.25, -0.2) is 5.43 Å². The normalized spacial score (nSPS) is 14.7. The minimum atomic E-state index is -0.119. The fraction of sp³-hybridized carbons (Fsp3) is 0.286. The maximum Gasteiger partial charge on any atom is 0.254 e. The van der Waals surface area contributed by atoms with Crippen molar-refractivity contribution >= 4 is 12.1 Å². The molecule has 1 aliphatic rings. The number of nitrogens with one attached hydrogen (secondary N) is 1. The Kier molecular flexibility index (Phi) is 8.86. The van der Waals surface area contributed by atoms with E-state index in [9.17, 15) is 4.79 Å². The number of hydrogen-bond acceptors (Lipinski definition) is 6. The average Bonchev–Trinajstić information content (AvgIpc) is 2.90. The highest BCUT2D eigenvalue weighted by atomic mass is 16.5. The molecule has 0 radical (unpaired) electrons. The monoisotopic (exact) mass is 472 g/mol. The first-order valence-corrected chi connectivity index (χ1v) is 11.8. The molecule has 7 heteroatoms. The van der Waals surface area contributed by atoms with Crippen molar-refractivity contribution in [2.24, 2.45) is 5.10 Å². The van der Waals surface area contributed by atoms with Crippen LogP contribution >= 0.6 is 0 Å². The summed E-state index contributed by atoms with van der Waals surface area (Å²) in [4.78, 5) is 17.0. The summed E-state index contributed by atoms with van der Waals surface area (Å²) < 4.78 is 11.4. The van der Waals surface area contributed by atoms with Gasteiger partial charge in [0, 0.05) is 32.7 Å². The van der Waals surface area contributed by atoms with Gasteiger partial charge in [0.2, 0.25) is 0 Å². The van der Waals surface area contributed by atoms with Crippen LogP contribution in [0, 0.1) is 0 Å². The molecule has 1 heterocycles. The summed E-state index contributed by atoms with van der Waals surface area (Å²) >= 11 is 0. The lowest BCUT2D eigenvalue weighted by Crippen LogP contribution is -2.48. The van der Waals surface area contributed by atoms with Crippen LogP contribution < -0.4 is 14.9 Å². The van der Waals surface area contributed by atoms with E-state index in [0.29, 0.717) is 24.7 Å². The Bertz CT molecular complexity index is 1100. The number of ether oxygens (including phenoxy) is 2. The van der Waals surface area contributed by atoms with Gasteiger partial charge in [0.25, 0.3) is 5.91 Å². The molecule has 1 fully saturated rings. The van der Waals surface area contributed by atoms with Gasteiger partial charge < -0.3 is 9.47 Å². The zero-order chi connectivity index (χ0) is 24.3. The summed E-state index contributed by atoms with van der Waals surface area (Å²) in [5.41, 5.74) is 5.84. The molecule has 3 aromatic rings. The number of hydrazone groups is 1. The fourth-order valence-corrected chi connectivity index (χ4v) is 3.99. The summed E-state index contributed by atoms with van der Waals surface area (Å²) in [6, 6.07) is 26.0. The molecule has 0 aromatic heterocycles. The van der Waals surface area contributed by atoms with E-state index in [2.05, 4.69) is 44.6 Å². The van der Waals surface area contributed by atoms with Crippen LogP contribution in [0.1, 0.15) is 16.7 Å². The lowest BCUT2D eigenvalue weighted by Gasteiger charge is -2.34. The minimum absolute atomic E-state index is 0.119. The van der Waals surface area contributed by atoms with Crippen molar-refractivity contribution in [1.82, 2.24) is 15.2 Å². The van der Waals surface area contributed by atoms with Crippen molar-refractivity contribution < 1.29 is 14.3 Å². The second-order valence-corrected chi connectivity index (χ2v) is 8.52. The van der Waals surface area contributed by atoms with Gasteiger partial charge in [-0.1, -0.05) is 60.7 Å². The zero-order valence-corrected chi connectivity index (χ0v) is 20.1. The van der Waals surface area contributed by atoms with E-state index in [4.69, 9.17) is 9.47 Å². The van der Waals surface area contributed by atoms with Crippen LogP contribution in [0.4, 0.5) is 0 Å². The number of methoxy groups -OCH3 is 1. The zero-order valence-electron chi connectivity index (χ0n) is 20.1. The summed E-state index contributed by atoms with van der Waals surface area (Å²) in [6.45, 7) is 5.35. The number of amides is 1. The second kappa shape index (κ2) is 12.7. The number of benzene rings is 3. The van der Waals surface area contributed by atoms with Crippen LogP contribution in [-0.4, -0.2) is 61.8 Å². The number of carbonyl (C=O) groups is 1. The van der Waals surface area contributed by atoms with Gasteiger partial charge in [0.05, 0.1) is 19.9 Å². The molecule has 0 spiro atoms. The number of piperazine rings is 1. The highest BCUT2D eigenvalue weighted by Crippen LogP contribution is 2.28. The number of rotatable bonds is 10. The van der Waals surface area contributed by atoms with Gasteiger partial charge >= 0.3 is 0 Å². The fourth-order valence-electron chi connectivity index (χ4n) is 3.99. The van der Waals surface area contributed by atoms with E-state index in [1.54, 1.807) is 13.3 Å². The molecule has 35 heavy (non-hydrogen) atoms. The number of carbonyl (C=O) groups excluding carboxylic acids is 1. The molecule has 7 nitrogen and oxygen atoms in total. The molecule has 0 saturated carbocycles. The van der Waals surface area contributed by atoms with Crippen molar-refractivity contribution in [3.63, 3.8) is 0 Å². The van der Waals surface area contributed by atoms with Gasteiger partial charge in [-0.05, 0) is 34.9 Å². The maximum absolute atomic E-state index is 12.4. The van der Waals surface area contributed by atoms with Crippen molar-refractivity contribution in [3.8, 4) is 11.5 Å². The first kappa shape index (κ1) is 24.4.